The Morgan fingerprint density at radius 2 is 1.50 bits per heavy atom. The van der Waals surface area contributed by atoms with E-state index in [4.69, 9.17) is 46.4 Å². The molecule has 0 saturated carbocycles. The smallest absolute Gasteiger partial charge is 0.187 e. The molecule has 0 bridgehead atoms. The molecule has 3 rings (SSSR count). The van der Waals surface area contributed by atoms with E-state index in [1.165, 1.54) is 11.3 Å². The van der Waals surface area contributed by atoms with Crippen molar-refractivity contribution in [3.8, 4) is 11.3 Å². The van der Waals surface area contributed by atoms with Gasteiger partial charge < -0.3 is 5.32 Å². The molecule has 0 unspecified atom stereocenters. The Hall–Kier alpha value is -0.970. The predicted octanol–water partition coefficient (Wildman–Crippen LogP) is 7.17. The molecule has 22 heavy (non-hydrogen) atoms. The molecule has 3 aromatic rings. The van der Waals surface area contributed by atoms with Crippen LogP contribution < -0.4 is 5.32 Å². The monoisotopic (exact) mass is 388 g/mol. The third-order valence-corrected chi connectivity index (χ3v) is 4.69. The van der Waals surface area contributed by atoms with Crippen LogP contribution in [0.1, 0.15) is 0 Å². The van der Waals surface area contributed by atoms with Crippen LogP contribution in [0.25, 0.3) is 11.3 Å². The number of rotatable bonds is 3. The fourth-order valence-corrected chi connectivity index (χ4v) is 3.75. The molecule has 0 fully saturated rings. The SMILES string of the molecule is Clc1ccc(Nc2nc(-c3c(Cl)cc(Cl)cc3Cl)cs2)cc1. The van der Waals surface area contributed by atoms with Gasteiger partial charge in [0.1, 0.15) is 0 Å². The third-order valence-electron chi connectivity index (χ3n) is 2.86. The van der Waals surface area contributed by atoms with Crippen molar-refractivity contribution in [2.45, 2.75) is 0 Å². The molecule has 112 valence electrons. The lowest BCUT2D eigenvalue weighted by Crippen LogP contribution is -1.89. The van der Waals surface area contributed by atoms with Crippen molar-refractivity contribution in [1.82, 2.24) is 4.98 Å². The highest BCUT2D eigenvalue weighted by Gasteiger charge is 2.13. The lowest BCUT2D eigenvalue weighted by atomic mass is 10.2. The minimum Gasteiger partial charge on any atom is -0.332 e. The molecule has 7 heteroatoms. The maximum Gasteiger partial charge on any atom is 0.187 e. The van der Waals surface area contributed by atoms with Gasteiger partial charge in [-0.05, 0) is 36.4 Å². The molecule has 2 nitrogen and oxygen atoms in total. The van der Waals surface area contributed by atoms with E-state index in [0.29, 0.717) is 31.3 Å². The molecular weight excluding hydrogens is 382 g/mol. The van der Waals surface area contributed by atoms with Crippen LogP contribution in [0.2, 0.25) is 20.1 Å². The van der Waals surface area contributed by atoms with Crippen molar-refractivity contribution in [3.05, 3.63) is 61.9 Å². The maximum absolute atomic E-state index is 6.22. The van der Waals surface area contributed by atoms with E-state index in [0.717, 1.165) is 10.8 Å². The molecular formula is C15H8Cl4N2S. The first-order valence-electron chi connectivity index (χ1n) is 6.16. The molecule has 1 heterocycles. The zero-order valence-corrected chi connectivity index (χ0v) is 14.7. The quantitative estimate of drug-likeness (QED) is 0.513. The van der Waals surface area contributed by atoms with E-state index < -0.39 is 0 Å². The number of thiazole rings is 1. The summed E-state index contributed by atoms with van der Waals surface area (Å²) in [7, 11) is 0. The number of nitrogens with zero attached hydrogens (tertiary/aromatic N) is 1. The molecule has 0 spiro atoms. The van der Waals surface area contributed by atoms with Crippen molar-refractivity contribution in [1.29, 1.82) is 0 Å². The Kier molecular flexibility index (Phi) is 4.81. The number of hydrogen-bond acceptors (Lipinski definition) is 3. The van der Waals surface area contributed by atoms with Crippen LogP contribution in [-0.4, -0.2) is 4.98 Å². The number of halogens is 4. The summed E-state index contributed by atoms with van der Waals surface area (Å²) in [6.45, 7) is 0. The van der Waals surface area contributed by atoms with Gasteiger partial charge >= 0.3 is 0 Å². The van der Waals surface area contributed by atoms with E-state index in [2.05, 4.69) is 10.3 Å². The standard InChI is InChI=1S/C15H8Cl4N2S/c16-8-1-3-10(4-2-8)20-15-21-13(7-22-15)14-11(18)5-9(17)6-12(14)19/h1-7H,(H,20,21). The second kappa shape index (κ2) is 6.65. The lowest BCUT2D eigenvalue weighted by Gasteiger charge is -2.05. The molecule has 0 radical (unpaired) electrons. The van der Waals surface area contributed by atoms with Crippen LogP contribution in [0.15, 0.2) is 41.8 Å². The highest BCUT2D eigenvalue weighted by atomic mass is 35.5. The van der Waals surface area contributed by atoms with E-state index >= 15 is 0 Å². The van der Waals surface area contributed by atoms with Gasteiger partial charge in [-0.15, -0.1) is 11.3 Å². The van der Waals surface area contributed by atoms with Crippen molar-refractivity contribution < 1.29 is 0 Å². The van der Waals surface area contributed by atoms with Gasteiger partial charge in [-0.1, -0.05) is 46.4 Å². The number of hydrogen-bond donors (Lipinski definition) is 1. The Bertz CT molecular complexity index is 792. The van der Waals surface area contributed by atoms with Crippen molar-refractivity contribution in [2.75, 3.05) is 5.32 Å². The van der Waals surface area contributed by atoms with Gasteiger partial charge in [0.15, 0.2) is 5.13 Å². The molecule has 0 aliphatic carbocycles. The van der Waals surface area contributed by atoms with Crippen LogP contribution in [0, 0.1) is 0 Å². The Balaban J connectivity index is 1.89. The normalized spacial score (nSPS) is 10.7. The zero-order chi connectivity index (χ0) is 15.7. The fourth-order valence-electron chi connectivity index (χ4n) is 1.89. The first-order chi connectivity index (χ1) is 10.5. The van der Waals surface area contributed by atoms with E-state index in [1.807, 2.05) is 29.6 Å². The van der Waals surface area contributed by atoms with Crippen LogP contribution in [-0.2, 0) is 0 Å². The number of benzene rings is 2. The predicted molar refractivity (Wildman–Crippen MR) is 97.3 cm³/mol. The third kappa shape index (κ3) is 3.50. The average Bonchev–Trinajstić information content (AvgIpc) is 2.88. The van der Waals surface area contributed by atoms with E-state index in [1.54, 1.807) is 12.1 Å². The average molecular weight is 390 g/mol. The zero-order valence-electron chi connectivity index (χ0n) is 10.9. The first kappa shape index (κ1) is 15.9. The summed E-state index contributed by atoms with van der Waals surface area (Å²) >= 11 is 25.7. The van der Waals surface area contributed by atoms with Crippen molar-refractivity contribution in [3.63, 3.8) is 0 Å². The Labute approximate surface area is 151 Å². The minimum atomic E-state index is 0.473. The molecule has 1 N–H and O–H groups in total. The number of anilines is 2. The molecule has 1 aromatic heterocycles. The van der Waals surface area contributed by atoms with Gasteiger partial charge in [0.25, 0.3) is 0 Å². The van der Waals surface area contributed by atoms with Crippen LogP contribution in [0.4, 0.5) is 10.8 Å². The summed E-state index contributed by atoms with van der Waals surface area (Å²) in [4.78, 5) is 4.51. The summed E-state index contributed by atoms with van der Waals surface area (Å²) in [6.07, 6.45) is 0. The van der Waals surface area contributed by atoms with Gasteiger partial charge in [0.05, 0.1) is 15.7 Å². The van der Waals surface area contributed by atoms with Gasteiger partial charge in [-0.3, -0.25) is 0 Å². The largest absolute Gasteiger partial charge is 0.332 e. The molecule has 2 aromatic carbocycles. The molecule has 0 aliphatic rings. The van der Waals surface area contributed by atoms with Crippen molar-refractivity contribution >= 4 is 68.6 Å². The Morgan fingerprint density at radius 3 is 2.14 bits per heavy atom. The van der Waals surface area contributed by atoms with Crippen LogP contribution in [0.5, 0.6) is 0 Å². The lowest BCUT2D eigenvalue weighted by molar-refractivity contribution is 1.38. The fraction of sp³-hybridized carbons (Fsp3) is 0. The summed E-state index contributed by atoms with van der Waals surface area (Å²) in [5, 5.41) is 7.96. The minimum absolute atomic E-state index is 0.473. The topological polar surface area (TPSA) is 24.9 Å². The van der Waals surface area contributed by atoms with Gasteiger partial charge in [0.2, 0.25) is 0 Å². The van der Waals surface area contributed by atoms with E-state index in [-0.39, 0.29) is 0 Å². The van der Waals surface area contributed by atoms with E-state index in [9.17, 15) is 0 Å². The highest BCUT2D eigenvalue weighted by molar-refractivity contribution is 7.14. The second-order valence-corrected chi connectivity index (χ2v) is 6.96. The van der Waals surface area contributed by atoms with Gasteiger partial charge in [-0.2, -0.15) is 0 Å². The highest BCUT2D eigenvalue weighted by Crippen LogP contribution is 2.38. The van der Waals surface area contributed by atoms with Crippen LogP contribution in [0.3, 0.4) is 0 Å². The maximum atomic E-state index is 6.22. The molecule has 0 atom stereocenters. The van der Waals surface area contributed by atoms with Gasteiger partial charge in [-0.25, -0.2) is 4.98 Å². The second-order valence-electron chi connectivity index (χ2n) is 4.41. The summed E-state index contributed by atoms with van der Waals surface area (Å²) in [5.74, 6) is 0. The summed E-state index contributed by atoms with van der Waals surface area (Å²) in [6, 6.07) is 10.7. The summed E-state index contributed by atoms with van der Waals surface area (Å²) in [5.41, 5.74) is 2.28. The molecule has 0 saturated heterocycles. The van der Waals surface area contributed by atoms with Crippen molar-refractivity contribution in [2.24, 2.45) is 0 Å². The summed E-state index contributed by atoms with van der Waals surface area (Å²) < 4.78 is 0. The number of nitrogens with one attached hydrogen (secondary N) is 1. The van der Waals surface area contributed by atoms with Gasteiger partial charge in [0, 0.05) is 26.7 Å². The van der Waals surface area contributed by atoms with Crippen LogP contribution >= 0.6 is 57.7 Å². The molecule has 0 aliphatic heterocycles. The Morgan fingerprint density at radius 1 is 0.864 bits per heavy atom. The first-order valence-corrected chi connectivity index (χ1v) is 8.55. The number of aromatic nitrogens is 1. The molecule has 0 amide bonds.